The van der Waals surface area contributed by atoms with E-state index in [0.29, 0.717) is 11.6 Å². The Hall–Kier alpha value is -2.89. The summed E-state index contributed by atoms with van der Waals surface area (Å²) in [7, 11) is 0. The summed E-state index contributed by atoms with van der Waals surface area (Å²) < 4.78 is 0. The first kappa shape index (κ1) is 17.5. The highest BCUT2D eigenvalue weighted by atomic mass is 32.2. The maximum absolute atomic E-state index is 11.6. The van der Waals surface area contributed by atoms with Crippen LogP contribution in [-0.2, 0) is 4.93 Å². The Morgan fingerprint density at radius 2 is 1.44 bits per heavy atom. The van der Waals surface area contributed by atoms with Crippen molar-refractivity contribution < 1.29 is 5.11 Å². The molecule has 1 aliphatic rings. The molecule has 4 rings (SSSR count). The molecular weight excluding hydrogens is 354 g/mol. The lowest BCUT2D eigenvalue weighted by molar-refractivity contribution is 0.147. The number of para-hydroxylation sites is 1. The molecule has 2 N–H and O–H groups in total. The van der Waals surface area contributed by atoms with Crippen molar-refractivity contribution in [1.82, 2.24) is 5.43 Å². The van der Waals surface area contributed by atoms with Gasteiger partial charge in [-0.3, -0.25) is 5.43 Å². The Balaban J connectivity index is 1.76. The fourth-order valence-electron chi connectivity index (χ4n) is 2.92. The molecule has 0 saturated heterocycles. The summed E-state index contributed by atoms with van der Waals surface area (Å²) in [6.45, 7) is 0. The largest absolute Gasteiger partial charge is 0.374 e. The van der Waals surface area contributed by atoms with Gasteiger partial charge in [0.2, 0.25) is 0 Å². The lowest BCUT2D eigenvalue weighted by Crippen LogP contribution is -2.26. The van der Waals surface area contributed by atoms with Gasteiger partial charge in [0.1, 0.15) is 4.93 Å². The lowest BCUT2D eigenvalue weighted by Gasteiger charge is -2.26. The Morgan fingerprint density at radius 3 is 2.11 bits per heavy atom. The van der Waals surface area contributed by atoms with E-state index in [1.165, 1.54) is 11.8 Å². The van der Waals surface area contributed by atoms with Crippen LogP contribution >= 0.6 is 11.8 Å². The molecule has 134 valence electrons. The maximum Gasteiger partial charge on any atom is 0.185 e. The number of hydrogen-bond acceptors (Lipinski definition) is 4. The predicted molar refractivity (Wildman–Crippen MR) is 112 cm³/mol. The Morgan fingerprint density at radius 1 is 0.852 bits per heavy atom. The number of rotatable bonds is 3. The van der Waals surface area contributed by atoms with E-state index in [-0.39, 0.29) is 0 Å². The zero-order chi connectivity index (χ0) is 18.5. The molecule has 1 atom stereocenters. The summed E-state index contributed by atoms with van der Waals surface area (Å²) in [5, 5.41) is 16.7. The van der Waals surface area contributed by atoms with E-state index in [2.05, 4.69) is 15.5 Å². The monoisotopic (exact) mass is 373 g/mol. The first-order valence-corrected chi connectivity index (χ1v) is 9.53. The van der Waals surface area contributed by atoms with Crippen LogP contribution in [0, 0.1) is 0 Å². The molecular formula is C22H19N3OS. The number of aliphatic imine (C=N–C) groups is 1. The highest BCUT2D eigenvalue weighted by Gasteiger charge is 2.36. The van der Waals surface area contributed by atoms with Gasteiger partial charge >= 0.3 is 0 Å². The van der Waals surface area contributed by atoms with E-state index in [1.54, 1.807) is 0 Å². The van der Waals surface area contributed by atoms with Crippen LogP contribution in [0.1, 0.15) is 17.5 Å². The molecule has 27 heavy (non-hydrogen) atoms. The molecule has 0 bridgehead atoms. The summed E-state index contributed by atoms with van der Waals surface area (Å²) in [4.78, 5) is 3.45. The van der Waals surface area contributed by atoms with Crippen LogP contribution in [-0.4, -0.2) is 16.0 Å². The minimum absolute atomic E-state index is 0.368. The second kappa shape index (κ2) is 7.78. The fourth-order valence-corrected chi connectivity index (χ4v) is 3.95. The van der Waals surface area contributed by atoms with Gasteiger partial charge in [-0.25, -0.2) is 4.99 Å². The van der Waals surface area contributed by atoms with Gasteiger partial charge in [-0.15, -0.1) is 0 Å². The van der Waals surface area contributed by atoms with Crippen LogP contribution in [0.2, 0.25) is 0 Å². The lowest BCUT2D eigenvalue weighted by atomic mass is 9.99. The summed E-state index contributed by atoms with van der Waals surface area (Å²) >= 11 is 1.28. The van der Waals surface area contributed by atoms with E-state index >= 15 is 0 Å². The van der Waals surface area contributed by atoms with Gasteiger partial charge in [0.25, 0.3) is 0 Å². The smallest absolute Gasteiger partial charge is 0.185 e. The Kier molecular flexibility index (Phi) is 5.05. The van der Waals surface area contributed by atoms with Crippen molar-refractivity contribution >= 4 is 28.3 Å². The van der Waals surface area contributed by atoms with Gasteiger partial charge in [-0.05, 0) is 35.0 Å². The molecule has 3 aromatic rings. The van der Waals surface area contributed by atoms with E-state index in [9.17, 15) is 5.11 Å². The van der Waals surface area contributed by atoms with Crippen LogP contribution in [0.3, 0.4) is 0 Å². The molecule has 3 aromatic carbocycles. The summed E-state index contributed by atoms with van der Waals surface area (Å²) in [5.41, 5.74) is 6.43. The average Bonchev–Trinajstić information content (AvgIpc) is 2.90. The highest BCUT2D eigenvalue weighted by Crippen LogP contribution is 2.40. The molecule has 0 saturated carbocycles. The third kappa shape index (κ3) is 4.10. The van der Waals surface area contributed by atoms with Crippen LogP contribution in [0.5, 0.6) is 0 Å². The number of aliphatic hydroxyl groups is 1. The zero-order valence-electron chi connectivity index (χ0n) is 14.6. The van der Waals surface area contributed by atoms with E-state index in [4.69, 9.17) is 0 Å². The summed E-state index contributed by atoms with van der Waals surface area (Å²) in [5.74, 6) is 0. The van der Waals surface area contributed by atoms with Crippen molar-refractivity contribution in [3.8, 4) is 0 Å². The van der Waals surface area contributed by atoms with Gasteiger partial charge in [0.15, 0.2) is 5.17 Å². The zero-order valence-corrected chi connectivity index (χ0v) is 15.4. The van der Waals surface area contributed by atoms with Gasteiger partial charge < -0.3 is 5.11 Å². The standard InChI is InChI=1S/C22H19N3OS/c26-22(18-12-6-2-7-13-18)16-20(17-10-4-1-5-11-17)24-25-21(27-22)23-19-14-8-3-9-15-19/h1-15,26H,16H2,(H,23,25). The molecule has 0 aliphatic carbocycles. The minimum Gasteiger partial charge on any atom is -0.374 e. The van der Waals surface area contributed by atoms with Crippen molar-refractivity contribution in [3.05, 3.63) is 102 Å². The van der Waals surface area contributed by atoms with Crippen molar-refractivity contribution in [2.24, 2.45) is 10.1 Å². The van der Waals surface area contributed by atoms with Crippen LogP contribution < -0.4 is 5.43 Å². The molecule has 0 aromatic heterocycles. The molecule has 0 spiro atoms. The molecule has 1 heterocycles. The van der Waals surface area contributed by atoms with Gasteiger partial charge in [-0.1, -0.05) is 78.9 Å². The quantitative estimate of drug-likeness (QED) is 0.703. The summed E-state index contributed by atoms with van der Waals surface area (Å²) in [6.07, 6.45) is 0.368. The van der Waals surface area contributed by atoms with Gasteiger partial charge in [-0.2, -0.15) is 5.10 Å². The van der Waals surface area contributed by atoms with Crippen LogP contribution in [0.25, 0.3) is 0 Å². The number of amidine groups is 1. The van der Waals surface area contributed by atoms with Crippen molar-refractivity contribution in [2.45, 2.75) is 11.4 Å². The van der Waals surface area contributed by atoms with E-state index in [0.717, 1.165) is 22.5 Å². The third-order valence-corrected chi connectivity index (χ3v) is 5.37. The van der Waals surface area contributed by atoms with Crippen molar-refractivity contribution in [1.29, 1.82) is 0 Å². The van der Waals surface area contributed by atoms with Crippen molar-refractivity contribution in [2.75, 3.05) is 0 Å². The first-order chi connectivity index (χ1) is 13.2. The van der Waals surface area contributed by atoms with Gasteiger partial charge in [0.05, 0.1) is 11.4 Å². The van der Waals surface area contributed by atoms with Gasteiger partial charge in [0, 0.05) is 6.42 Å². The molecule has 5 heteroatoms. The molecule has 1 aliphatic heterocycles. The molecule has 0 amide bonds. The Labute approximate surface area is 162 Å². The van der Waals surface area contributed by atoms with E-state index < -0.39 is 4.93 Å². The van der Waals surface area contributed by atoms with Crippen LogP contribution in [0.15, 0.2) is 101 Å². The first-order valence-electron chi connectivity index (χ1n) is 8.72. The minimum atomic E-state index is -1.17. The topological polar surface area (TPSA) is 57.0 Å². The number of hydrogen-bond donors (Lipinski definition) is 2. The number of hydrazone groups is 1. The second-order valence-corrected chi connectivity index (χ2v) is 7.48. The Bertz CT molecular complexity index is 959. The molecule has 0 radical (unpaired) electrons. The molecule has 4 nitrogen and oxygen atoms in total. The fraction of sp³-hybridized carbons (Fsp3) is 0.0909. The molecule has 0 fully saturated rings. The average molecular weight is 373 g/mol. The predicted octanol–water partition coefficient (Wildman–Crippen LogP) is 4.65. The van der Waals surface area contributed by atoms with Crippen LogP contribution in [0.4, 0.5) is 5.69 Å². The maximum atomic E-state index is 11.6. The molecule has 1 unspecified atom stereocenters. The normalized spacial score (nSPS) is 21.2. The second-order valence-electron chi connectivity index (χ2n) is 6.22. The number of nitrogens with one attached hydrogen (secondary N) is 1. The number of thioether (sulfide) groups is 1. The SMILES string of the molecule is OC1(c2ccccc2)CC(c2ccccc2)=NNC(=Nc2ccccc2)S1. The highest BCUT2D eigenvalue weighted by molar-refractivity contribution is 8.14. The number of nitrogens with zero attached hydrogens (tertiary/aromatic N) is 2. The summed E-state index contributed by atoms with van der Waals surface area (Å²) in [6, 6.07) is 29.2. The van der Waals surface area contributed by atoms with E-state index in [1.807, 2.05) is 91.0 Å². The van der Waals surface area contributed by atoms with Crippen molar-refractivity contribution in [3.63, 3.8) is 0 Å². The number of benzene rings is 3. The third-order valence-electron chi connectivity index (χ3n) is 4.28.